The fourth-order valence-corrected chi connectivity index (χ4v) is 0.258. The number of nitrogens with zero attached hydrogens (tertiary/aromatic N) is 1. The number of nitrogens with one attached hydrogen (secondary N) is 1. The van der Waals surface area contributed by atoms with Gasteiger partial charge in [-0.25, -0.2) is 0 Å². The van der Waals surface area contributed by atoms with Crippen molar-refractivity contribution in [3.63, 3.8) is 0 Å². The first-order valence-corrected chi connectivity index (χ1v) is 4.76. The molecule has 0 fully saturated rings. The molecule has 0 saturated carbocycles. The molecule has 0 heterocycles. The van der Waals surface area contributed by atoms with Crippen LogP contribution in [0.25, 0.3) is 0 Å². The van der Waals surface area contributed by atoms with Crippen molar-refractivity contribution in [2.24, 2.45) is 16.6 Å². The summed E-state index contributed by atoms with van der Waals surface area (Å²) in [5.74, 6) is 1.12. The summed E-state index contributed by atoms with van der Waals surface area (Å²) in [5, 5.41) is 5.50. The van der Waals surface area contributed by atoms with Gasteiger partial charge in [0.2, 0.25) is 0 Å². The van der Waals surface area contributed by atoms with Crippen LogP contribution in [0.15, 0.2) is 4.99 Å². The average molecular weight is 189 g/mol. The summed E-state index contributed by atoms with van der Waals surface area (Å²) in [5.41, 5.74) is 5.37. The highest BCUT2D eigenvalue weighted by atomic mass is 14.8. The summed E-state index contributed by atoms with van der Waals surface area (Å²) in [6.45, 7) is 14.5. The Hall–Kier alpha value is -0.860. The van der Waals surface area contributed by atoms with Crippen molar-refractivity contribution in [2.75, 3.05) is 7.05 Å². The van der Waals surface area contributed by atoms with Gasteiger partial charge in [-0.15, -0.1) is 0 Å². The van der Waals surface area contributed by atoms with Crippen LogP contribution in [0.4, 0.5) is 0 Å². The predicted molar refractivity (Wildman–Crippen MR) is 64.9 cm³/mol. The lowest BCUT2D eigenvalue weighted by Gasteiger charge is -1.98. The molecule has 0 aliphatic heterocycles. The number of amidine groups is 1. The SMILES string of the molecule is C=N.CC.CC.CN=C(N)C(C)C. The van der Waals surface area contributed by atoms with Crippen LogP contribution in [0.1, 0.15) is 41.5 Å². The Morgan fingerprint density at radius 1 is 1.15 bits per heavy atom. The Bertz CT molecular complexity index is 88.2. The van der Waals surface area contributed by atoms with Crippen molar-refractivity contribution in [3.05, 3.63) is 0 Å². The van der Waals surface area contributed by atoms with Crippen LogP contribution >= 0.6 is 0 Å². The first-order valence-electron chi connectivity index (χ1n) is 4.76. The number of nitrogens with two attached hydrogens (primary N) is 1. The number of rotatable bonds is 1. The number of hydrogen-bond acceptors (Lipinski definition) is 2. The summed E-state index contributed by atoms with van der Waals surface area (Å²) in [7, 11) is 1.70. The number of aliphatic imine (C=N–C) groups is 1. The van der Waals surface area contributed by atoms with Crippen molar-refractivity contribution in [2.45, 2.75) is 41.5 Å². The van der Waals surface area contributed by atoms with Crippen LogP contribution in [0, 0.1) is 11.3 Å². The molecule has 0 atom stereocenters. The van der Waals surface area contributed by atoms with Crippen LogP contribution < -0.4 is 5.73 Å². The van der Waals surface area contributed by atoms with Crippen LogP contribution in [0.3, 0.4) is 0 Å². The Labute approximate surface area is 84.0 Å². The Morgan fingerprint density at radius 2 is 1.38 bits per heavy atom. The quantitative estimate of drug-likeness (QED) is 0.483. The molecule has 13 heavy (non-hydrogen) atoms. The van der Waals surface area contributed by atoms with Crippen LogP contribution in [0.2, 0.25) is 0 Å². The molecular formula is C10H27N3. The third kappa shape index (κ3) is 35.2. The molecule has 0 spiro atoms. The monoisotopic (exact) mass is 189 g/mol. The standard InChI is InChI=1S/C5H12N2.2C2H6.CH3N/c1-4(2)5(6)7-3;3*1-2/h4H,1-3H3,(H2,6,7);2*1-2H3;2H,1H2. The second kappa shape index (κ2) is 30.4. The molecule has 3 heteroatoms. The first kappa shape index (κ1) is 22.7. The van der Waals surface area contributed by atoms with E-state index in [0.717, 1.165) is 5.84 Å². The van der Waals surface area contributed by atoms with Gasteiger partial charge in [0.15, 0.2) is 0 Å². The molecule has 0 amide bonds. The van der Waals surface area contributed by atoms with E-state index in [4.69, 9.17) is 11.1 Å². The minimum atomic E-state index is 0.394. The molecule has 82 valence electrons. The van der Waals surface area contributed by atoms with Gasteiger partial charge in [-0.2, -0.15) is 0 Å². The molecule has 0 aliphatic rings. The van der Waals surface area contributed by atoms with E-state index in [1.165, 1.54) is 0 Å². The topological polar surface area (TPSA) is 62.2 Å². The zero-order valence-corrected chi connectivity index (χ0v) is 10.3. The van der Waals surface area contributed by atoms with Gasteiger partial charge in [0.1, 0.15) is 0 Å². The Kier molecular flexibility index (Phi) is 53.1. The molecule has 0 rings (SSSR count). The first-order chi connectivity index (χ1) is 6.18. The van der Waals surface area contributed by atoms with Gasteiger partial charge in [0, 0.05) is 13.0 Å². The molecular weight excluding hydrogens is 162 g/mol. The minimum Gasteiger partial charge on any atom is -0.387 e. The summed E-state index contributed by atoms with van der Waals surface area (Å²) in [6.07, 6.45) is 0. The van der Waals surface area contributed by atoms with Crippen molar-refractivity contribution < 1.29 is 0 Å². The van der Waals surface area contributed by atoms with E-state index in [0.29, 0.717) is 5.92 Å². The highest BCUT2D eigenvalue weighted by molar-refractivity contribution is 5.81. The second-order valence-corrected chi connectivity index (χ2v) is 1.80. The molecule has 0 unspecified atom stereocenters. The van der Waals surface area contributed by atoms with E-state index in [2.05, 4.69) is 11.7 Å². The highest BCUT2D eigenvalue weighted by Gasteiger charge is 1.93. The molecule has 0 aromatic rings. The van der Waals surface area contributed by atoms with Gasteiger partial charge >= 0.3 is 0 Å². The van der Waals surface area contributed by atoms with E-state index in [9.17, 15) is 0 Å². The predicted octanol–water partition coefficient (Wildman–Crippen LogP) is 2.95. The van der Waals surface area contributed by atoms with Gasteiger partial charge < -0.3 is 11.1 Å². The highest BCUT2D eigenvalue weighted by Crippen LogP contribution is 1.88. The molecule has 0 saturated heterocycles. The third-order valence-electron chi connectivity index (χ3n) is 0.850. The van der Waals surface area contributed by atoms with Gasteiger partial charge in [0.05, 0.1) is 5.84 Å². The zero-order chi connectivity index (χ0) is 11.9. The Balaban J connectivity index is -0.0000000573. The smallest absolute Gasteiger partial charge is 0.0959 e. The maximum absolute atomic E-state index is 5.50. The lowest BCUT2D eigenvalue weighted by Crippen LogP contribution is -2.17. The largest absolute Gasteiger partial charge is 0.387 e. The molecule has 3 nitrogen and oxygen atoms in total. The fourth-order valence-electron chi connectivity index (χ4n) is 0.258. The minimum absolute atomic E-state index is 0.394. The summed E-state index contributed by atoms with van der Waals surface area (Å²) in [6, 6.07) is 0. The van der Waals surface area contributed by atoms with Gasteiger partial charge in [-0.05, 0) is 6.72 Å². The maximum atomic E-state index is 5.50. The lowest BCUT2D eigenvalue weighted by atomic mass is 10.2. The van der Waals surface area contributed by atoms with E-state index in [-0.39, 0.29) is 0 Å². The molecule has 0 aromatic heterocycles. The van der Waals surface area contributed by atoms with Gasteiger partial charge in [-0.1, -0.05) is 41.5 Å². The van der Waals surface area contributed by atoms with Crippen LogP contribution in [0.5, 0.6) is 0 Å². The van der Waals surface area contributed by atoms with Crippen molar-refractivity contribution >= 4 is 12.6 Å². The van der Waals surface area contributed by atoms with Crippen molar-refractivity contribution in [3.8, 4) is 0 Å². The maximum Gasteiger partial charge on any atom is 0.0959 e. The fraction of sp³-hybridized carbons (Fsp3) is 0.800. The normalized spacial score (nSPS) is 8.15. The summed E-state index contributed by atoms with van der Waals surface area (Å²) in [4.78, 5) is 3.78. The second-order valence-electron chi connectivity index (χ2n) is 1.80. The number of hydrogen-bond donors (Lipinski definition) is 2. The van der Waals surface area contributed by atoms with E-state index < -0.39 is 0 Å². The van der Waals surface area contributed by atoms with Crippen molar-refractivity contribution in [1.29, 1.82) is 5.41 Å². The molecule has 0 aliphatic carbocycles. The summed E-state index contributed by atoms with van der Waals surface area (Å²) >= 11 is 0. The van der Waals surface area contributed by atoms with E-state index in [1.54, 1.807) is 7.05 Å². The van der Waals surface area contributed by atoms with Gasteiger partial charge in [0.25, 0.3) is 0 Å². The summed E-state index contributed by atoms with van der Waals surface area (Å²) < 4.78 is 0. The molecule has 0 aromatic carbocycles. The van der Waals surface area contributed by atoms with E-state index in [1.807, 2.05) is 41.5 Å². The van der Waals surface area contributed by atoms with Gasteiger partial charge in [-0.3, -0.25) is 4.99 Å². The van der Waals surface area contributed by atoms with Crippen molar-refractivity contribution in [1.82, 2.24) is 0 Å². The average Bonchev–Trinajstić information content (AvgIpc) is 2.25. The molecule has 0 bridgehead atoms. The zero-order valence-electron chi connectivity index (χ0n) is 10.3. The third-order valence-corrected chi connectivity index (χ3v) is 0.850. The molecule has 3 N–H and O–H groups in total. The van der Waals surface area contributed by atoms with Crippen LogP contribution in [-0.4, -0.2) is 19.6 Å². The Morgan fingerprint density at radius 3 is 1.38 bits per heavy atom. The van der Waals surface area contributed by atoms with Crippen LogP contribution in [-0.2, 0) is 0 Å². The van der Waals surface area contributed by atoms with E-state index >= 15 is 0 Å². The lowest BCUT2D eigenvalue weighted by molar-refractivity contribution is 0.869. The molecule has 0 radical (unpaired) electrons.